The highest BCUT2D eigenvalue weighted by Gasteiger charge is 2.31. The molecule has 0 aromatic carbocycles. The summed E-state index contributed by atoms with van der Waals surface area (Å²) in [6.45, 7) is 7.00. The molecule has 5 heteroatoms. The number of carbonyl (C=O) groups is 1. The normalized spacial score (nSPS) is 19.7. The first-order valence-electron chi connectivity index (χ1n) is 4.82. The monoisotopic (exact) mass is 234 g/mol. The Kier molecular flexibility index (Phi) is 4.44. The van der Waals surface area contributed by atoms with Crippen molar-refractivity contribution in [2.75, 3.05) is 18.1 Å². The molecule has 14 heavy (non-hydrogen) atoms. The third kappa shape index (κ3) is 4.00. The molecular formula is C9H18N2OS2. The largest absolute Gasteiger partial charge is 0.338 e. The van der Waals surface area contributed by atoms with Gasteiger partial charge in [0.2, 0.25) is 0 Å². The van der Waals surface area contributed by atoms with E-state index in [9.17, 15) is 4.79 Å². The number of amides is 2. The molecule has 82 valence electrons. The Labute approximate surface area is 93.6 Å². The highest BCUT2D eigenvalue weighted by molar-refractivity contribution is 8.77. The van der Waals surface area contributed by atoms with E-state index in [0.717, 1.165) is 18.1 Å². The molecule has 1 aliphatic heterocycles. The highest BCUT2D eigenvalue weighted by Crippen LogP contribution is 2.36. The van der Waals surface area contributed by atoms with E-state index in [1.807, 2.05) is 21.6 Å². The van der Waals surface area contributed by atoms with Crippen LogP contribution in [-0.2, 0) is 0 Å². The van der Waals surface area contributed by atoms with E-state index < -0.39 is 0 Å². The van der Waals surface area contributed by atoms with E-state index in [-0.39, 0.29) is 11.6 Å². The average molecular weight is 234 g/mol. The number of carbonyl (C=O) groups excluding carboxylic acids is 1. The lowest BCUT2D eigenvalue weighted by atomic mass is 10.1. The van der Waals surface area contributed by atoms with E-state index in [0.29, 0.717) is 5.92 Å². The standard InChI is InChI=1S/C9H18N2OS2/c1-7(2)4-10-8(12)11-9(3)5-13-14-6-9/h7H,4-6H2,1-3H3,(H2,10,11,12). The lowest BCUT2D eigenvalue weighted by molar-refractivity contribution is 0.232. The average Bonchev–Trinajstić information content (AvgIpc) is 2.48. The van der Waals surface area contributed by atoms with Crippen LogP contribution in [0.3, 0.4) is 0 Å². The Morgan fingerprint density at radius 2 is 2.00 bits per heavy atom. The summed E-state index contributed by atoms with van der Waals surface area (Å²) in [7, 11) is 3.64. The van der Waals surface area contributed by atoms with Crippen LogP contribution in [0.5, 0.6) is 0 Å². The fourth-order valence-corrected chi connectivity index (χ4v) is 4.30. The lowest BCUT2D eigenvalue weighted by Crippen LogP contribution is -2.52. The zero-order chi connectivity index (χ0) is 10.6. The van der Waals surface area contributed by atoms with Crippen molar-refractivity contribution in [1.82, 2.24) is 10.6 Å². The van der Waals surface area contributed by atoms with Crippen LogP contribution in [0.2, 0.25) is 0 Å². The summed E-state index contributed by atoms with van der Waals surface area (Å²) in [5.74, 6) is 2.49. The summed E-state index contributed by atoms with van der Waals surface area (Å²) in [5.41, 5.74) is -0.0314. The Morgan fingerprint density at radius 1 is 1.43 bits per heavy atom. The maximum absolute atomic E-state index is 11.5. The van der Waals surface area contributed by atoms with Gasteiger partial charge in [0.25, 0.3) is 0 Å². The molecule has 0 aliphatic carbocycles. The van der Waals surface area contributed by atoms with Crippen molar-refractivity contribution in [2.24, 2.45) is 5.92 Å². The quantitative estimate of drug-likeness (QED) is 0.735. The van der Waals surface area contributed by atoms with Gasteiger partial charge >= 0.3 is 6.03 Å². The second kappa shape index (κ2) is 5.16. The molecule has 1 aliphatic rings. The van der Waals surface area contributed by atoms with Crippen molar-refractivity contribution in [3.63, 3.8) is 0 Å². The minimum absolute atomic E-state index is 0.0314. The van der Waals surface area contributed by atoms with Gasteiger partial charge in [-0.05, 0) is 12.8 Å². The minimum Gasteiger partial charge on any atom is -0.338 e. The minimum atomic E-state index is -0.0377. The lowest BCUT2D eigenvalue weighted by Gasteiger charge is -2.24. The molecule has 1 heterocycles. The maximum Gasteiger partial charge on any atom is 0.315 e. The number of urea groups is 1. The Hall–Kier alpha value is -0.0300. The smallest absolute Gasteiger partial charge is 0.315 e. The first-order valence-corrected chi connectivity index (χ1v) is 7.31. The topological polar surface area (TPSA) is 41.1 Å². The molecule has 2 amide bonds. The van der Waals surface area contributed by atoms with E-state index in [4.69, 9.17) is 0 Å². The van der Waals surface area contributed by atoms with Gasteiger partial charge in [-0.15, -0.1) is 0 Å². The van der Waals surface area contributed by atoms with Gasteiger partial charge < -0.3 is 10.6 Å². The SMILES string of the molecule is CC(C)CNC(=O)NC1(C)CSSC1. The van der Waals surface area contributed by atoms with Gasteiger partial charge in [-0.1, -0.05) is 35.4 Å². The van der Waals surface area contributed by atoms with Gasteiger partial charge in [-0.2, -0.15) is 0 Å². The van der Waals surface area contributed by atoms with Gasteiger partial charge in [-0.3, -0.25) is 0 Å². The van der Waals surface area contributed by atoms with E-state index >= 15 is 0 Å². The molecule has 1 saturated heterocycles. The zero-order valence-electron chi connectivity index (χ0n) is 8.92. The van der Waals surface area contributed by atoms with Crippen LogP contribution in [0.4, 0.5) is 4.79 Å². The van der Waals surface area contributed by atoms with Gasteiger partial charge in [-0.25, -0.2) is 4.79 Å². The molecule has 2 N–H and O–H groups in total. The summed E-state index contributed by atoms with van der Waals surface area (Å²) < 4.78 is 0. The van der Waals surface area contributed by atoms with Crippen LogP contribution in [0, 0.1) is 5.92 Å². The van der Waals surface area contributed by atoms with Gasteiger partial charge in [0, 0.05) is 18.1 Å². The summed E-state index contributed by atoms with van der Waals surface area (Å²) in [6.07, 6.45) is 0. The predicted octanol–water partition coefficient (Wildman–Crippen LogP) is 2.10. The van der Waals surface area contributed by atoms with E-state index in [2.05, 4.69) is 31.4 Å². The number of rotatable bonds is 3. The maximum atomic E-state index is 11.5. The number of hydrogen-bond donors (Lipinski definition) is 2. The zero-order valence-corrected chi connectivity index (χ0v) is 10.6. The van der Waals surface area contributed by atoms with Crippen LogP contribution < -0.4 is 10.6 Å². The summed E-state index contributed by atoms with van der Waals surface area (Å²) >= 11 is 0. The Balaban J connectivity index is 2.25. The molecule has 0 bridgehead atoms. The van der Waals surface area contributed by atoms with Crippen molar-refractivity contribution in [3.05, 3.63) is 0 Å². The Morgan fingerprint density at radius 3 is 2.50 bits per heavy atom. The summed E-state index contributed by atoms with van der Waals surface area (Å²) in [5, 5.41) is 5.88. The second-order valence-corrected chi connectivity index (χ2v) is 6.78. The van der Waals surface area contributed by atoms with Crippen molar-refractivity contribution in [1.29, 1.82) is 0 Å². The van der Waals surface area contributed by atoms with Crippen molar-refractivity contribution >= 4 is 27.6 Å². The first-order chi connectivity index (χ1) is 6.52. The third-order valence-electron chi connectivity index (χ3n) is 1.92. The fourth-order valence-electron chi connectivity index (χ4n) is 1.07. The molecule has 3 nitrogen and oxygen atoms in total. The third-order valence-corrected chi connectivity index (χ3v) is 4.81. The molecule has 0 aromatic rings. The molecule has 0 aromatic heterocycles. The van der Waals surface area contributed by atoms with Crippen LogP contribution >= 0.6 is 21.6 Å². The van der Waals surface area contributed by atoms with Crippen molar-refractivity contribution < 1.29 is 4.79 Å². The second-order valence-electron chi connectivity index (χ2n) is 4.31. The molecule has 0 radical (unpaired) electrons. The molecule has 1 fully saturated rings. The van der Waals surface area contributed by atoms with Crippen LogP contribution in [0.25, 0.3) is 0 Å². The van der Waals surface area contributed by atoms with Gasteiger partial charge in [0.05, 0.1) is 5.54 Å². The first kappa shape index (κ1) is 12.0. The molecule has 1 rings (SSSR count). The van der Waals surface area contributed by atoms with Crippen LogP contribution in [0.15, 0.2) is 0 Å². The highest BCUT2D eigenvalue weighted by atomic mass is 33.1. The van der Waals surface area contributed by atoms with E-state index in [1.54, 1.807) is 0 Å². The predicted molar refractivity (Wildman–Crippen MR) is 64.7 cm³/mol. The van der Waals surface area contributed by atoms with E-state index in [1.165, 1.54) is 0 Å². The summed E-state index contributed by atoms with van der Waals surface area (Å²) in [6, 6.07) is -0.0377. The molecule has 0 unspecified atom stereocenters. The van der Waals surface area contributed by atoms with Crippen LogP contribution in [-0.4, -0.2) is 29.6 Å². The van der Waals surface area contributed by atoms with Crippen molar-refractivity contribution in [3.8, 4) is 0 Å². The number of hydrogen-bond acceptors (Lipinski definition) is 3. The fraction of sp³-hybridized carbons (Fsp3) is 0.889. The Bertz CT molecular complexity index is 203. The van der Waals surface area contributed by atoms with Gasteiger partial charge in [0.1, 0.15) is 0 Å². The van der Waals surface area contributed by atoms with Crippen LogP contribution in [0.1, 0.15) is 20.8 Å². The van der Waals surface area contributed by atoms with Crippen molar-refractivity contribution in [2.45, 2.75) is 26.3 Å². The van der Waals surface area contributed by atoms with Gasteiger partial charge in [0.15, 0.2) is 0 Å². The molecule has 0 saturated carbocycles. The summed E-state index contributed by atoms with van der Waals surface area (Å²) in [4.78, 5) is 11.5. The number of nitrogens with one attached hydrogen (secondary N) is 2. The molecular weight excluding hydrogens is 216 g/mol. The molecule has 0 spiro atoms. The molecule has 0 atom stereocenters.